The number of hydrogen-bond donors (Lipinski definition) is 1. The van der Waals surface area contributed by atoms with Crippen LogP contribution >= 0.6 is 0 Å². The quantitative estimate of drug-likeness (QED) is 0.722. The van der Waals surface area contributed by atoms with Crippen molar-refractivity contribution < 1.29 is 28.6 Å². The smallest absolute Gasteiger partial charge is 0.467 e. The summed E-state index contributed by atoms with van der Waals surface area (Å²) in [7, 11) is 1.24. The van der Waals surface area contributed by atoms with Gasteiger partial charge < -0.3 is 24.1 Å². The van der Waals surface area contributed by atoms with Crippen LogP contribution < -0.4 is 10.9 Å². The molecule has 0 radical (unpaired) electrons. The van der Waals surface area contributed by atoms with Gasteiger partial charge in [0.1, 0.15) is 17.7 Å². The Morgan fingerprint density at radius 2 is 1.90 bits per heavy atom. The monoisotopic (exact) mass is 420 g/mol. The van der Waals surface area contributed by atoms with Crippen molar-refractivity contribution in [3.63, 3.8) is 0 Å². The van der Waals surface area contributed by atoms with Crippen LogP contribution in [0.4, 0.5) is 4.79 Å². The maximum absolute atomic E-state index is 13.3. The van der Waals surface area contributed by atoms with Gasteiger partial charge in [0.25, 0.3) is 11.5 Å². The summed E-state index contributed by atoms with van der Waals surface area (Å²) in [6, 6.07) is 1.64. The van der Waals surface area contributed by atoms with Crippen molar-refractivity contribution in [1.82, 2.24) is 9.88 Å². The summed E-state index contributed by atoms with van der Waals surface area (Å²) in [6.07, 6.45) is 4.17. The van der Waals surface area contributed by atoms with Crippen molar-refractivity contribution in [3.8, 4) is 0 Å². The maximum atomic E-state index is 13.3. The molecule has 1 aliphatic carbocycles. The lowest BCUT2D eigenvalue weighted by Crippen LogP contribution is -2.51. The molecule has 0 spiro atoms. The number of methoxy groups -OCH3 is 1. The third-order valence-corrected chi connectivity index (χ3v) is 5.50. The van der Waals surface area contributed by atoms with Crippen LogP contribution in [0.25, 0.3) is 0 Å². The van der Waals surface area contributed by atoms with Crippen molar-refractivity contribution >= 4 is 18.0 Å². The highest BCUT2D eigenvalue weighted by molar-refractivity contribution is 5.97. The van der Waals surface area contributed by atoms with Crippen LogP contribution in [-0.4, -0.2) is 48.0 Å². The van der Waals surface area contributed by atoms with Gasteiger partial charge in [0.15, 0.2) is 6.10 Å². The molecule has 1 N–H and O–H groups in total. The Morgan fingerprint density at radius 3 is 2.53 bits per heavy atom. The highest BCUT2D eigenvalue weighted by atomic mass is 16.8. The summed E-state index contributed by atoms with van der Waals surface area (Å²) in [5.74, 6) is -1.26. The van der Waals surface area contributed by atoms with Gasteiger partial charge in [-0.3, -0.25) is 9.59 Å². The number of pyridine rings is 1. The highest BCUT2D eigenvalue weighted by Crippen LogP contribution is 2.22. The molecule has 0 aromatic carbocycles. The molecule has 2 aliphatic rings. The van der Waals surface area contributed by atoms with Crippen LogP contribution in [0.3, 0.4) is 0 Å². The van der Waals surface area contributed by atoms with Crippen molar-refractivity contribution in [2.24, 2.45) is 0 Å². The predicted molar refractivity (Wildman–Crippen MR) is 106 cm³/mol. The average molecular weight is 420 g/mol. The van der Waals surface area contributed by atoms with Crippen LogP contribution in [0.15, 0.2) is 10.9 Å². The molecule has 1 aliphatic heterocycles. The molecule has 1 atom stereocenters. The highest BCUT2D eigenvalue weighted by Gasteiger charge is 2.33. The van der Waals surface area contributed by atoms with Gasteiger partial charge in [-0.2, -0.15) is 0 Å². The van der Waals surface area contributed by atoms with Gasteiger partial charge in [-0.05, 0) is 51.2 Å². The fourth-order valence-electron chi connectivity index (χ4n) is 3.91. The number of carbonyl (C=O) groups is 3. The van der Waals surface area contributed by atoms with E-state index in [4.69, 9.17) is 14.2 Å². The zero-order chi connectivity index (χ0) is 21.9. The minimum Gasteiger partial charge on any atom is -0.467 e. The lowest BCUT2D eigenvalue weighted by atomic mass is 9.95. The Morgan fingerprint density at radius 1 is 1.20 bits per heavy atom. The molecule has 0 saturated carbocycles. The standard InChI is InChI=1S/C21H28N2O7/c1-21(2,19(26)28-3)22-17(24)15-10-13-8-6-4-5-7-9-16(13)23(18(15)25)11-14-12-29-20(27)30-14/h10,14H,4-9,11-12H2,1-3H3,(H,22,24). The lowest BCUT2D eigenvalue weighted by Gasteiger charge is -2.25. The molecule has 1 saturated heterocycles. The number of amides is 1. The Labute approximate surface area is 174 Å². The van der Waals surface area contributed by atoms with Gasteiger partial charge in [0.05, 0.1) is 13.7 Å². The number of hydrogen-bond acceptors (Lipinski definition) is 7. The van der Waals surface area contributed by atoms with Crippen molar-refractivity contribution in [1.29, 1.82) is 0 Å². The Balaban J connectivity index is 2.00. The molecule has 0 bridgehead atoms. The van der Waals surface area contributed by atoms with E-state index in [1.807, 2.05) is 0 Å². The predicted octanol–water partition coefficient (Wildman–Crippen LogP) is 1.72. The number of fused-ring (bicyclic) bond motifs is 1. The largest absolute Gasteiger partial charge is 0.508 e. The summed E-state index contributed by atoms with van der Waals surface area (Å²) in [4.78, 5) is 49.5. The number of aromatic nitrogens is 1. The number of nitrogens with one attached hydrogen (secondary N) is 1. The van der Waals surface area contributed by atoms with Crippen LogP contribution in [-0.2, 0) is 38.4 Å². The van der Waals surface area contributed by atoms with E-state index in [9.17, 15) is 19.2 Å². The molecule has 164 valence electrons. The van der Waals surface area contributed by atoms with Gasteiger partial charge in [0, 0.05) is 5.69 Å². The van der Waals surface area contributed by atoms with E-state index in [1.165, 1.54) is 25.5 Å². The molecule has 1 aromatic heterocycles. The van der Waals surface area contributed by atoms with E-state index in [0.29, 0.717) is 6.42 Å². The fourth-order valence-corrected chi connectivity index (χ4v) is 3.91. The molecule has 30 heavy (non-hydrogen) atoms. The van der Waals surface area contributed by atoms with E-state index >= 15 is 0 Å². The minimum absolute atomic E-state index is 0.0449. The van der Waals surface area contributed by atoms with Crippen molar-refractivity contribution in [2.75, 3.05) is 13.7 Å². The summed E-state index contributed by atoms with van der Waals surface area (Å²) in [6.45, 7) is 3.21. The molecule has 2 heterocycles. The van der Waals surface area contributed by atoms with Gasteiger partial charge in [0.2, 0.25) is 0 Å². The number of esters is 1. The number of carbonyl (C=O) groups excluding carboxylic acids is 3. The van der Waals surface area contributed by atoms with Crippen LogP contribution in [0, 0.1) is 0 Å². The molecular weight excluding hydrogens is 392 g/mol. The van der Waals surface area contributed by atoms with Gasteiger partial charge >= 0.3 is 12.1 Å². The average Bonchev–Trinajstić information content (AvgIpc) is 3.08. The molecular formula is C21H28N2O7. The Kier molecular flexibility index (Phi) is 6.48. The van der Waals surface area contributed by atoms with E-state index in [-0.39, 0.29) is 18.7 Å². The zero-order valence-electron chi connectivity index (χ0n) is 17.6. The second-order valence-corrected chi connectivity index (χ2v) is 8.23. The molecule has 1 fully saturated rings. The SMILES string of the molecule is COC(=O)C(C)(C)NC(=O)c1cc2c(n(CC3COC(=O)O3)c1=O)CCCCCC2. The lowest BCUT2D eigenvalue weighted by molar-refractivity contribution is -0.146. The third-order valence-electron chi connectivity index (χ3n) is 5.50. The number of rotatable bonds is 5. The maximum Gasteiger partial charge on any atom is 0.508 e. The summed E-state index contributed by atoms with van der Waals surface area (Å²) in [5, 5.41) is 2.59. The minimum atomic E-state index is -1.29. The first-order valence-electron chi connectivity index (χ1n) is 10.2. The van der Waals surface area contributed by atoms with Crippen molar-refractivity contribution in [3.05, 3.63) is 33.2 Å². The molecule has 3 rings (SSSR count). The summed E-state index contributed by atoms with van der Waals surface area (Å²) >= 11 is 0. The van der Waals surface area contributed by atoms with E-state index < -0.39 is 35.2 Å². The molecule has 1 amide bonds. The first-order valence-corrected chi connectivity index (χ1v) is 10.2. The van der Waals surface area contributed by atoms with E-state index in [1.54, 1.807) is 6.07 Å². The normalized spacial score (nSPS) is 19.0. The van der Waals surface area contributed by atoms with Crippen LogP contribution in [0.5, 0.6) is 0 Å². The Bertz CT molecular complexity index is 903. The fraction of sp³-hybridized carbons (Fsp3) is 0.619. The number of cyclic esters (lactones) is 2. The first-order chi connectivity index (χ1) is 14.2. The zero-order valence-corrected chi connectivity index (χ0v) is 17.6. The second-order valence-electron chi connectivity index (χ2n) is 8.23. The van der Waals surface area contributed by atoms with Crippen LogP contribution in [0.2, 0.25) is 0 Å². The topological polar surface area (TPSA) is 113 Å². The van der Waals surface area contributed by atoms with Gasteiger partial charge in [-0.1, -0.05) is 12.8 Å². The first kappa shape index (κ1) is 21.9. The number of aryl methyl sites for hydroxylation is 1. The van der Waals surface area contributed by atoms with Gasteiger partial charge in [-0.15, -0.1) is 0 Å². The summed E-state index contributed by atoms with van der Waals surface area (Å²) < 4.78 is 16.2. The van der Waals surface area contributed by atoms with Crippen molar-refractivity contribution in [2.45, 2.75) is 70.6 Å². The van der Waals surface area contributed by atoms with E-state index in [0.717, 1.165) is 43.4 Å². The second kappa shape index (κ2) is 8.89. The number of nitrogens with zero attached hydrogens (tertiary/aromatic N) is 1. The summed E-state index contributed by atoms with van der Waals surface area (Å²) in [5.41, 5.74) is -0.0127. The molecule has 9 nitrogen and oxygen atoms in total. The van der Waals surface area contributed by atoms with Gasteiger partial charge in [-0.25, -0.2) is 9.59 Å². The Hall–Kier alpha value is -2.84. The number of ether oxygens (including phenoxy) is 3. The van der Waals surface area contributed by atoms with E-state index in [2.05, 4.69) is 5.32 Å². The molecule has 1 unspecified atom stereocenters. The molecule has 1 aromatic rings. The molecule has 9 heteroatoms. The third kappa shape index (κ3) is 4.66. The van der Waals surface area contributed by atoms with Crippen LogP contribution in [0.1, 0.15) is 61.1 Å².